The molecule has 1 aliphatic carbocycles. The number of allylic oxidation sites excluding steroid dienone is 2. The highest BCUT2D eigenvalue weighted by Crippen LogP contribution is 2.39. The second-order valence-electron chi connectivity index (χ2n) is 9.65. The quantitative estimate of drug-likeness (QED) is 0.664. The third-order valence-electron chi connectivity index (χ3n) is 6.62. The first-order valence-electron chi connectivity index (χ1n) is 11.5. The van der Waals surface area contributed by atoms with Gasteiger partial charge in [0.25, 0.3) is 0 Å². The number of nitrogens with zero attached hydrogens (tertiary/aromatic N) is 3. The molecule has 0 radical (unpaired) electrons. The van der Waals surface area contributed by atoms with E-state index in [1.54, 1.807) is 0 Å². The molecule has 168 valence electrons. The number of nitrogens with one attached hydrogen (secondary N) is 1. The molecule has 4 rings (SSSR count). The van der Waals surface area contributed by atoms with Gasteiger partial charge in [-0.15, -0.1) is 0 Å². The minimum Gasteiger partial charge on any atom is -0.379 e. The van der Waals surface area contributed by atoms with Crippen molar-refractivity contribution in [2.24, 2.45) is 5.41 Å². The molecule has 0 amide bonds. The lowest BCUT2D eigenvalue weighted by Crippen LogP contribution is -2.37. The zero-order chi connectivity index (χ0) is 22.6. The first kappa shape index (κ1) is 22.4. The number of morpholine rings is 1. The Morgan fingerprint density at radius 1 is 1.31 bits per heavy atom. The van der Waals surface area contributed by atoms with Crippen LogP contribution in [-0.2, 0) is 17.6 Å². The Bertz CT molecular complexity index is 1040. The number of benzene rings is 1. The Balaban J connectivity index is 1.56. The lowest BCUT2D eigenvalue weighted by atomic mass is 9.76. The maximum atomic E-state index is 12.9. The van der Waals surface area contributed by atoms with Crippen molar-refractivity contribution in [1.82, 2.24) is 14.9 Å². The smallest absolute Gasteiger partial charge is 0.202 e. The van der Waals surface area contributed by atoms with Crippen molar-refractivity contribution < 1.29 is 9.53 Å². The van der Waals surface area contributed by atoms with Crippen LogP contribution in [-0.4, -0.2) is 53.5 Å². The predicted octanol–water partition coefficient (Wildman–Crippen LogP) is 4.17. The van der Waals surface area contributed by atoms with Crippen LogP contribution < -0.4 is 0 Å². The van der Waals surface area contributed by atoms with Gasteiger partial charge in [0.1, 0.15) is 11.8 Å². The molecule has 0 spiro atoms. The number of nitriles is 1. The summed E-state index contributed by atoms with van der Waals surface area (Å²) in [5.41, 5.74) is 5.52. The van der Waals surface area contributed by atoms with Gasteiger partial charge in [0.2, 0.25) is 5.78 Å². The monoisotopic (exact) mass is 432 g/mol. The van der Waals surface area contributed by atoms with Crippen LogP contribution in [0.2, 0.25) is 0 Å². The summed E-state index contributed by atoms with van der Waals surface area (Å²) in [6.07, 6.45) is 8.27. The molecule has 1 aromatic carbocycles. The zero-order valence-electron chi connectivity index (χ0n) is 19.1. The summed E-state index contributed by atoms with van der Waals surface area (Å²) in [7, 11) is 0. The average Bonchev–Trinajstić information content (AvgIpc) is 3.29. The van der Waals surface area contributed by atoms with Gasteiger partial charge in [0.05, 0.1) is 19.4 Å². The molecular weight excluding hydrogens is 400 g/mol. The van der Waals surface area contributed by atoms with Crippen molar-refractivity contribution in [3.63, 3.8) is 0 Å². The van der Waals surface area contributed by atoms with Gasteiger partial charge in [-0.1, -0.05) is 38.1 Å². The summed E-state index contributed by atoms with van der Waals surface area (Å²) in [6.45, 7) is 9.27. The second kappa shape index (κ2) is 9.81. The number of H-pyrrole nitrogens is 1. The molecule has 1 N–H and O–H groups in total. The van der Waals surface area contributed by atoms with E-state index in [0.717, 1.165) is 64.1 Å². The number of hydrogen-bond acceptors (Lipinski definition) is 5. The number of aromatic amines is 1. The van der Waals surface area contributed by atoms with Gasteiger partial charge in [-0.3, -0.25) is 9.69 Å². The van der Waals surface area contributed by atoms with Crippen molar-refractivity contribution in [2.75, 3.05) is 32.8 Å². The first-order valence-corrected chi connectivity index (χ1v) is 11.5. The Hall–Kier alpha value is -2.75. The predicted molar refractivity (Wildman–Crippen MR) is 124 cm³/mol. The van der Waals surface area contributed by atoms with Crippen LogP contribution in [0.1, 0.15) is 66.1 Å². The van der Waals surface area contributed by atoms with E-state index >= 15 is 0 Å². The number of rotatable bonds is 7. The van der Waals surface area contributed by atoms with Crippen molar-refractivity contribution in [2.45, 2.75) is 46.0 Å². The van der Waals surface area contributed by atoms with E-state index in [4.69, 9.17) is 10.00 Å². The van der Waals surface area contributed by atoms with E-state index in [9.17, 15) is 4.79 Å². The van der Waals surface area contributed by atoms with Gasteiger partial charge in [-0.25, -0.2) is 4.98 Å². The summed E-state index contributed by atoms with van der Waals surface area (Å²) >= 11 is 0. The summed E-state index contributed by atoms with van der Waals surface area (Å²) < 4.78 is 5.46. The van der Waals surface area contributed by atoms with Gasteiger partial charge in [0, 0.05) is 26.1 Å². The number of ether oxygens (including phenoxy) is 1. The number of carbonyl (C=O) groups excluding carboxylic acids is 1. The summed E-state index contributed by atoms with van der Waals surface area (Å²) in [5, 5.41) is 9.00. The summed E-state index contributed by atoms with van der Waals surface area (Å²) in [5.74, 6) is 0.160. The molecule has 0 atom stereocenters. The molecule has 6 heteroatoms. The fraction of sp³-hybridized carbons (Fsp3) is 0.500. The first-order chi connectivity index (χ1) is 15.4. The van der Waals surface area contributed by atoms with E-state index < -0.39 is 0 Å². The van der Waals surface area contributed by atoms with Gasteiger partial charge >= 0.3 is 0 Å². The highest BCUT2D eigenvalue weighted by Gasteiger charge is 2.24. The minimum absolute atomic E-state index is 0.0921. The molecule has 1 fully saturated rings. The molecular formula is C26H32N4O2. The Labute approximate surface area is 190 Å². The summed E-state index contributed by atoms with van der Waals surface area (Å²) in [6, 6.07) is 8.55. The van der Waals surface area contributed by atoms with Gasteiger partial charge < -0.3 is 9.72 Å². The molecule has 2 aromatic rings. The molecule has 0 saturated carbocycles. The van der Waals surface area contributed by atoms with Crippen LogP contribution in [0.15, 0.2) is 30.5 Å². The molecule has 0 unspecified atom stereocenters. The maximum Gasteiger partial charge on any atom is 0.202 e. The molecule has 0 bridgehead atoms. The van der Waals surface area contributed by atoms with Crippen LogP contribution in [0, 0.1) is 16.7 Å². The zero-order valence-corrected chi connectivity index (χ0v) is 19.1. The van der Waals surface area contributed by atoms with Gasteiger partial charge in [-0.2, -0.15) is 5.26 Å². The third kappa shape index (κ3) is 5.53. The van der Waals surface area contributed by atoms with E-state index in [-0.39, 0.29) is 18.0 Å². The van der Waals surface area contributed by atoms with Crippen LogP contribution in [0.25, 0.3) is 5.57 Å². The standard InChI is InChI=1S/C26H32N4O2/c1-26(2)8-5-20(6-9-26)23-15-19(7-10-30-11-13-32-14-12-30)3-4-21(23)16-24(31)25-28-18-22(17-27)29-25/h3-5,15,18H,6-14,16H2,1-2H3,(H,28,29). The number of aromatic nitrogens is 2. The number of Topliss-reactive ketones (excluding diaryl/α,β-unsaturated/α-hetero) is 1. The lowest BCUT2D eigenvalue weighted by Gasteiger charge is -2.30. The maximum absolute atomic E-state index is 12.9. The molecule has 2 heterocycles. The van der Waals surface area contributed by atoms with Gasteiger partial charge in [-0.05, 0) is 53.4 Å². The van der Waals surface area contributed by atoms with E-state index in [1.807, 2.05) is 6.07 Å². The van der Waals surface area contributed by atoms with Crippen LogP contribution in [0.5, 0.6) is 0 Å². The van der Waals surface area contributed by atoms with Gasteiger partial charge in [0.15, 0.2) is 5.82 Å². The highest BCUT2D eigenvalue weighted by molar-refractivity contribution is 5.95. The van der Waals surface area contributed by atoms with Crippen LogP contribution in [0.4, 0.5) is 0 Å². The van der Waals surface area contributed by atoms with Crippen LogP contribution >= 0.6 is 0 Å². The number of ketones is 1. The highest BCUT2D eigenvalue weighted by atomic mass is 16.5. The Kier molecular flexibility index (Phi) is 6.88. The third-order valence-corrected chi connectivity index (χ3v) is 6.62. The Morgan fingerprint density at radius 3 is 2.81 bits per heavy atom. The van der Waals surface area contributed by atoms with Crippen LogP contribution in [0.3, 0.4) is 0 Å². The van der Waals surface area contributed by atoms with Crippen molar-refractivity contribution >= 4 is 11.4 Å². The largest absolute Gasteiger partial charge is 0.379 e. The summed E-state index contributed by atoms with van der Waals surface area (Å²) in [4.78, 5) is 22.2. The van der Waals surface area contributed by atoms with Crippen molar-refractivity contribution in [3.05, 3.63) is 58.7 Å². The average molecular weight is 433 g/mol. The van der Waals surface area contributed by atoms with E-state index in [1.165, 1.54) is 22.9 Å². The van der Waals surface area contributed by atoms with E-state index in [0.29, 0.717) is 11.1 Å². The Morgan fingerprint density at radius 2 is 2.12 bits per heavy atom. The number of imidazole rings is 1. The lowest BCUT2D eigenvalue weighted by molar-refractivity contribution is 0.0384. The fourth-order valence-electron chi connectivity index (χ4n) is 4.44. The number of carbonyl (C=O) groups is 1. The van der Waals surface area contributed by atoms with Crippen molar-refractivity contribution in [3.8, 4) is 6.07 Å². The molecule has 2 aliphatic rings. The second-order valence-corrected chi connectivity index (χ2v) is 9.65. The topological polar surface area (TPSA) is 82.0 Å². The normalized spacial score (nSPS) is 18.7. The minimum atomic E-state index is -0.0921. The van der Waals surface area contributed by atoms with E-state index in [2.05, 4.69) is 53.0 Å². The fourth-order valence-corrected chi connectivity index (χ4v) is 4.44. The molecule has 1 saturated heterocycles. The molecule has 32 heavy (non-hydrogen) atoms. The molecule has 6 nitrogen and oxygen atoms in total. The van der Waals surface area contributed by atoms with Crippen molar-refractivity contribution in [1.29, 1.82) is 5.26 Å². The number of hydrogen-bond donors (Lipinski definition) is 1. The SMILES string of the molecule is CC1(C)CC=C(c2cc(CCN3CCOCC3)ccc2CC(=O)c2ncc(C#N)[nH]2)CC1. The molecule has 1 aromatic heterocycles. The molecule has 1 aliphatic heterocycles.